The van der Waals surface area contributed by atoms with Gasteiger partial charge in [0.2, 0.25) is 0 Å². The summed E-state index contributed by atoms with van der Waals surface area (Å²) in [5, 5.41) is 10.8. The van der Waals surface area contributed by atoms with Gasteiger partial charge in [-0.15, -0.1) is 0 Å². The molecule has 1 amide bonds. The number of anilines is 2. The van der Waals surface area contributed by atoms with Gasteiger partial charge in [-0.1, -0.05) is 6.07 Å². The number of piperidine rings is 1. The summed E-state index contributed by atoms with van der Waals surface area (Å²) in [6.07, 6.45) is 4.14. The number of amides is 1. The van der Waals surface area contributed by atoms with Gasteiger partial charge in [-0.2, -0.15) is 5.10 Å². The lowest BCUT2D eigenvalue weighted by Crippen LogP contribution is -2.32. The zero-order valence-electron chi connectivity index (χ0n) is 14.5. The van der Waals surface area contributed by atoms with Crippen LogP contribution in [0.25, 0.3) is 0 Å². The van der Waals surface area contributed by atoms with Gasteiger partial charge in [0.25, 0.3) is 5.91 Å². The summed E-state index contributed by atoms with van der Waals surface area (Å²) in [4.78, 5) is 14.6. The smallest absolute Gasteiger partial charge is 0.276 e. The van der Waals surface area contributed by atoms with Crippen LogP contribution in [0.4, 0.5) is 11.4 Å². The number of benzene rings is 1. The lowest BCUT2D eigenvalue weighted by Gasteiger charge is -2.22. The molecule has 1 saturated heterocycles. The van der Waals surface area contributed by atoms with Gasteiger partial charge in [0.15, 0.2) is 5.69 Å². The Balaban J connectivity index is 1.74. The lowest BCUT2D eigenvalue weighted by atomic mass is 10.1. The van der Waals surface area contributed by atoms with Crippen LogP contribution in [0.1, 0.15) is 34.9 Å². The number of hydrogen-bond donors (Lipinski definition) is 2. The van der Waals surface area contributed by atoms with Crippen LogP contribution >= 0.6 is 0 Å². The summed E-state index contributed by atoms with van der Waals surface area (Å²) in [7, 11) is 3.99. The number of rotatable bonds is 4. The van der Waals surface area contributed by atoms with E-state index < -0.39 is 0 Å². The Morgan fingerprint density at radius 1 is 1.38 bits per heavy atom. The largest absolute Gasteiger partial charge is 0.377 e. The summed E-state index contributed by atoms with van der Waals surface area (Å²) < 4.78 is 1.91. The van der Waals surface area contributed by atoms with Crippen molar-refractivity contribution in [1.29, 1.82) is 0 Å². The van der Waals surface area contributed by atoms with E-state index in [0.717, 1.165) is 42.9 Å². The zero-order chi connectivity index (χ0) is 17.1. The molecule has 1 fully saturated rings. The Hall–Kier alpha value is -2.34. The van der Waals surface area contributed by atoms with Gasteiger partial charge >= 0.3 is 0 Å². The van der Waals surface area contributed by atoms with E-state index in [9.17, 15) is 4.79 Å². The minimum absolute atomic E-state index is 0.170. The molecule has 24 heavy (non-hydrogen) atoms. The van der Waals surface area contributed by atoms with Crippen molar-refractivity contribution >= 4 is 17.3 Å². The third-order valence-electron chi connectivity index (χ3n) is 4.52. The van der Waals surface area contributed by atoms with Crippen LogP contribution in [0.2, 0.25) is 0 Å². The standard InChI is InChI=1S/C18H25N5O/c1-13-15(7-4-8-17(13)22(2)3)20-18(24)16-9-11-23(21-16)14-6-5-10-19-12-14/h4,7-9,11,14,19H,5-6,10,12H2,1-3H3,(H,20,24). The van der Waals surface area contributed by atoms with Crippen LogP contribution in [-0.2, 0) is 0 Å². The van der Waals surface area contributed by atoms with E-state index in [1.165, 1.54) is 0 Å². The first-order valence-corrected chi connectivity index (χ1v) is 8.40. The van der Waals surface area contributed by atoms with Gasteiger partial charge in [-0.3, -0.25) is 9.48 Å². The fraction of sp³-hybridized carbons (Fsp3) is 0.444. The van der Waals surface area contributed by atoms with Crippen molar-refractivity contribution in [2.45, 2.75) is 25.8 Å². The van der Waals surface area contributed by atoms with E-state index in [-0.39, 0.29) is 5.91 Å². The molecule has 0 saturated carbocycles. The SMILES string of the molecule is Cc1c(NC(=O)c2ccn(C3CCCNC3)n2)cccc1N(C)C. The molecule has 1 aliphatic heterocycles. The van der Waals surface area contributed by atoms with Crippen LogP contribution < -0.4 is 15.5 Å². The molecule has 2 aromatic rings. The molecule has 1 aromatic carbocycles. The van der Waals surface area contributed by atoms with Crippen molar-refractivity contribution in [2.24, 2.45) is 0 Å². The predicted octanol–water partition coefficient (Wildman–Crippen LogP) is 2.43. The van der Waals surface area contributed by atoms with E-state index >= 15 is 0 Å². The first-order chi connectivity index (χ1) is 11.6. The summed E-state index contributed by atoms with van der Waals surface area (Å²) in [5.74, 6) is -0.170. The molecule has 3 rings (SSSR count). The molecule has 0 radical (unpaired) electrons. The summed E-state index contributed by atoms with van der Waals surface area (Å²) in [6, 6.07) is 8.02. The fourth-order valence-electron chi connectivity index (χ4n) is 3.15. The number of hydrogen-bond acceptors (Lipinski definition) is 4. The molecule has 0 spiro atoms. The van der Waals surface area contributed by atoms with Gasteiger partial charge in [-0.05, 0) is 50.1 Å². The van der Waals surface area contributed by atoms with Crippen LogP contribution in [0, 0.1) is 6.92 Å². The molecule has 1 aromatic heterocycles. The summed E-state index contributed by atoms with van der Waals surface area (Å²) >= 11 is 0. The number of nitrogens with one attached hydrogen (secondary N) is 2. The van der Waals surface area contributed by atoms with Crippen molar-refractivity contribution < 1.29 is 4.79 Å². The van der Waals surface area contributed by atoms with Crippen LogP contribution in [0.3, 0.4) is 0 Å². The second-order valence-corrected chi connectivity index (χ2v) is 6.48. The van der Waals surface area contributed by atoms with E-state index in [2.05, 4.69) is 15.7 Å². The molecule has 1 aliphatic rings. The third-order valence-corrected chi connectivity index (χ3v) is 4.52. The molecule has 0 aliphatic carbocycles. The second kappa shape index (κ2) is 7.05. The highest BCUT2D eigenvalue weighted by molar-refractivity contribution is 6.03. The maximum atomic E-state index is 12.5. The average Bonchev–Trinajstić information content (AvgIpc) is 3.07. The molecule has 0 bridgehead atoms. The van der Waals surface area contributed by atoms with Crippen LogP contribution in [0.5, 0.6) is 0 Å². The van der Waals surface area contributed by atoms with Gasteiger partial charge < -0.3 is 15.5 Å². The quantitative estimate of drug-likeness (QED) is 0.905. The Bertz CT molecular complexity index is 716. The van der Waals surface area contributed by atoms with Crippen molar-refractivity contribution in [1.82, 2.24) is 15.1 Å². The van der Waals surface area contributed by atoms with Gasteiger partial charge in [0.05, 0.1) is 6.04 Å². The van der Waals surface area contributed by atoms with Crippen molar-refractivity contribution in [3.63, 3.8) is 0 Å². The second-order valence-electron chi connectivity index (χ2n) is 6.48. The van der Waals surface area contributed by atoms with Crippen LogP contribution in [-0.4, -0.2) is 42.9 Å². The summed E-state index contributed by atoms with van der Waals surface area (Å²) in [6.45, 7) is 3.98. The molecule has 1 atom stereocenters. The predicted molar refractivity (Wildman–Crippen MR) is 96.8 cm³/mol. The number of carbonyl (C=O) groups excluding carboxylic acids is 1. The minimum Gasteiger partial charge on any atom is -0.377 e. The molecule has 1 unspecified atom stereocenters. The van der Waals surface area contributed by atoms with Crippen molar-refractivity contribution in [2.75, 3.05) is 37.4 Å². The van der Waals surface area contributed by atoms with Gasteiger partial charge in [-0.25, -0.2) is 0 Å². The maximum Gasteiger partial charge on any atom is 0.276 e. The lowest BCUT2D eigenvalue weighted by molar-refractivity contribution is 0.102. The van der Waals surface area contributed by atoms with Gasteiger partial charge in [0, 0.05) is 38.2 Å². The maximum absolute atomic E-state index is 12.5. The Morgan fingerprint density at radius 3 is 2.92 bits per heavy atom. The Kier molecular flexibility index (Phi) is 4.85. The highest BCUT2D eigenvalue weighted by atomic mass is 16.1. The molecule has 6 heteroatoms. The normalized spacial score (nSPS) is 17.5. The highest BCUT2D eigenvalue weighted by Gasteiger charge is 2.18. The van der Waals surface area contributed by atoms with E-state index in [1.807, 2.05) is 55.0 Å². The fourth-order valence-corrected chi connectivity index (χ4v) is 3.15. The molecule has 2 heterocycles. The van der Waals surface area contributed by atoms with Crippen molar-refractivity contribution in [3.05, 3.63) is 41.7 Å². The summed E-state index contributed by atoms with van der Waals surface area (Å²) in [5.41, 5.74) is 3.41. The van der Waals surface area contributed by atoms with E-state index in [4.69, 9.17) is 0 Å². The highest BCUT2D eigenvalue weighted by Crippen LogP contribution is 2.25. The number of nitrogens with zero attached hydrogens (tertiary/aromatic N) is 3. The third kappa shape index (κ3) is 3.43. The Morgan fingerprint density at radius 2 is 2.21 bits per heavy atom. The molecule has 6 nitrogen and oxygen atoms in total. The Labute approximate surface area is 142 Å². The average molecular weight is 327 g/mol. The topological polar surface area (TPSA) is 62.2 Å². The molecular formula is C18H25N5O. The van der Waals surface area contributed by atoms with Gasteiger partial charge in [0.1, 0.15) is 0 Å². The monoisotopic (exact) mass is 327 g/mol. The molecule has 2 N–H and O–H groups in total. The number of carbonyl (C=O) groups is 1. The van der Waals surface area contributed by atoms with Crippen LogP contribution in [0.15, 0.2) is 30.5 Å². The molecule has 128 valence electrons. The first kappa shape index (κ1) is 16.5. The first-order valence-electron chi connectivity index (χ1n) is 8.40. The zero-order valence-corrected chi connectivity index (χ0v) is 14.5. The van der Waals surface area contributed by atoms with E-state index in [1.54, 1.807) is 6.07 Å². The molecular weight excluding hydrogens is 302 g/mol. The van der Waals surface area contributed by atoms with Crippen molar-refractivity contribution in [3.8, 4) is 0 Å². The van der Waals surface area contributed by atoms with E-state index in [0.29, 0.717) is 11.7 Å². The number of aromatic nitrogens is 2. The minimum atomic E-state index is -0.170.